The fourth-order valence-corrected chi connectivity index (χ4v) is 1.10. The maximum absolute atomic E-state index is 11.7. The summed E-state index contributed by atoms with van der Waals surface area (Å²) >= 11 is 0. The van der Waals surface area contributed by atoms with Crippen LogP contribution in [-0.4, -0.2) is 29.2 Å². The van der Waals surface area contributed by atoms with Gasteiger partial charge < -0.3 is 10.5 Å². The van der Waals surface area contributed by atoms with Crippen molar-refractivity contribution >= 4 is 5.82 Å². The molecule has 1 aromatic heterocycles. The monoisotopic (exact) mass is 235 g/mol. The summed E-state index contributed by atoms with van der Waals surface area (Å²) in [6, 6.07) is 1.04. The highest BCUT2D eigenvalue weighted by molar-refractivity contribution is 5.25. The van der Waals surface area contributed by atoms with Gasteiger partial charge in [0.2, 0.25) is 0 Å². The number of ether oxygens (including phenoxy) is 1. The molecule has 0 saturated heterocycles. The van der Waals surface area contributed by atoms with Crippen LogP contribution in [0, 0.1) is 0 Å². The summed E-state index contributed by atoms with van der Waals surface area (Å²) in [5.41, 5.74) is 4.11. The van der Waals surface area contributed by atoms with Crippen molar-refractivity contribution in [1.29, 1.82) is 0 Å². The number of hydrogen-bond acceptors (Lipinski definition) is 4. The van der Waals surface area contributed by atoms with Crippen LogP contribution in [0.4, 0.5) is 14.6 Å². The predicted octanol–water partition coefficient (Wildman–Crippen LogP) is -0.600. The lowest BCUT2D eigenvalue weighted by Gasteiger charge is -2.08. The number of nitrogens with two attached hydrogens (primary N) is 1. The van der Waals surface area contributed by atoms with Gasteiger partial charge in [-0.25, -0.2) is 13.6 Å². The number of anilines is 1. The maximum Gasteiger partial charge on any atom is 0.329 e. The van der Waals surface area contributed by atoms with E-state index in [0.717, 1.165) is 10.6 Å². The molecule has 1 aromatic rings. The van der Waals surface area contributed by atoms with Crippen molar-refractivity contribution in [3.8, 4) is 0 Å². The van der Waals surface area contributed by atoms with E-state index in [1.54, 1.807) is 0 Å². The average Bonchev–Trinajstić information content (AvgIpc) is 2.14. The van der Waals surface area contributed by atoms with Gasteiger partial charge in [0.1, 0.15) is 12.4 Å². The Labute approximate surface area is 88.6 Å². The molecule has 1 heterocycles. The summed E-state index contributed by atoms with van der Waals surface area (Å²) in [6.45, 7) is -0.771. The molecule has 0 aromatic carbocycles. The first-order valence-electron chi connectivity index (χ1n) is 4.46. The summed E-state index contributed by atoms with van der Waals surface area (Å²) < 4.78 is 29.0. The lowest BCUT2D eigenvalue weighted by atomic mass is 10.5. The standard InChI is InChI=1S/C8H11F2N3O3/c9-5(10)4-16-2-1-13-6(11)3-7(14)12-8(13)15/h3,5H,1-2,4,11H2,(H,12,14,15). The van der Waals surface area contributed by atoms with Gasteiger partial charge in [-0.15, -0.1) is 0 Å². The average molecular weight is 235 g/mol. The second kappa shape index (κ2) is 5.40. The molecular weight excluding hydrogens is 224 g/mol. The molecule has 0 radical (unpaired) electrons. The third-order valence-corrected chi connectivity index (χ3v) is 1.77. The summed E-state index contributed by atoms with van der Waals surface area (Å²) in [5, 5.41) is 0. The van der Waals surface area contributed by atoms with Crippen LogP contribution in [0.1, 0.15) is 0 Å². The van der Waals surface area contributed by atoms with Crippen LogP contribution in [0.2, 0.25) is 0 Å². The summed E-state index contributed by atoms with van der Waals surface area (Å²) in [7, 11) is 0. The van der Waals surface area contributed by atoms with E-state index in [-0.39, 0.29) is 19.0 Å². The minimum atomic E-state index is -2.55. The van der Waals surface area contributed by atoms with Gasteiger partial charge in [-0.1, -0.05) is 0 Å². The fourth-order valence-electron chi connectivity index (χ4n) is 1.10. The van der Waals surface area contributed by atoms with E-state index in [9.17, 15) is 18.4 Å². The molecule has 0 atom stereocenters. The normalized spacial score (nSPS) is 10.9. The van der Waals surface area contributed by atoms with Crippen LogP contribution in [0.25, 0.3) is 0 Å². The molecule has 0 aliphatic heterocycles. The SMILES string of the molecule is Nc1cc(=O)[nH]c(=O)n1CCOCC(F)F. The maximum atomic E-state index is 11.7. The number of hydrogen-bond donors (Lipinski definition) is 2. The highest BCUT2D eigenvalue weighted by Gasteiger charge is 2.04. The highest BCUT2D eigenvalue weighted by Crippen LogP contribution is 1.95. The number of H-pyrrole nitrogens is 1. The highest BCUT2D eigenvalue weighted by atomic mass is 19.3. The van der Waals surface area contributed by atoms with Gasteiger partial charge in [-0.05, 0) is 0 Å². The second-order valence-corrected chi connectivity index (χ2v) is 2.98. The van der Waals surface area contributed by atoms with Gasteiger partial charge in [0.15, 0.2) is 0 Å². The van der Waals surface area contributed by atoms with E-state index in [4.69, 9.17) is 5.73 Å². The van der Waals surface area contributed by atoms with E-state index < -0.39 is 24.3 Å². The third-order valence-electron chi connectivity index (χ3n) is 1.77. The topological polar surface area (TPSA) is 90.1 Å². The van der Waals surface area contributed by atoms with Crippen LogP contribution < -0.4 is 17.0 Å². The number of aromatic amines is 1. The van der Waals surface area contributed by atoms with Gasteiger partial charge in [-0.3, -0.25) is 14.3 Å². The van der Waals surface area contributed by atoms with Crippen LogP contribution in [-0.2, 0) is 11.3 Å². The Bertz CT molecular complexity index is 455. The van der Waals surface area contributed by atoms with Crippen molar-refractivity contribution in [2.45, 2.75) is 13.0 Å². The number of nitrogens with zero attached hydrogens (tertiary/aromatic N) is 1. The number of nitrogens with one attached hydrogen (secondary N) is 1. The summed E-state index contributed by atoms with van der Waals surface area (Å²) in [5.74, 6) is -0.0330. The molecule has 16 heavy (non-hydrogen) atoms. The minimum absolute atomic E-state index is 0.00810. The Kier molecular flexibility index (Phi) is 4.18. The molecular formula is C8H11F2N3O3. The van der Waals surface area contributed by atoms with Gasteiger partial charge in [0.25, 0.3) is 12.0 Å². The Balaban J connectivity index is 2.61. The Hall–Kier alpha value is -1.70. The van der Waals surface area contributed by atoms with Gasteiger partial charge in [0, 0.05) is 6.07 Å². The van der Waals surface area contributed by atoms with Crippen molar-refractivity contribution in [1.82, 2.24) is 9.55 Å². The molecule has 0 saturated carbocycles. The van der Waals surface area contributed by atoms with Crippen molar-refractivity contribution in [2.75, 3.05) is 18.9 Å². The summed E-state index contributed by atoms with van der Waals surface area (Å²) in [4.78, 5) is 24.0. The Morgan fingerprint density at radius 2 is 2.19 bits per heavy atom. The molecule has 0 amide bonds. The molecule has 8 heteroatoms. The largest absolute Gasteiger partial charge is 0.385 e. The first-order chi connectivity index (χ1) is 7.50. The second-order valence-electron chi connectivity index (χ2n) is 2.98. The number of alkyl halides is 2. The van der Waals surface area contributed by atoms with E-state index >= 15 is 0 Å². The molecule has 0 bridgehead atoms. The van der Waals surface area contributed by atoms with Crippen molar-refractivity contribution in [3.05, 3.63) is 26.9 Å². The van der Waals surface area contributed by atoms with Crippen LogP contribution in [0.15, 0.2) is 15.7 Å². The smallest absolute Gasteiger partial charge is 0.329 e. The lowest BCUT2D eigenvalue weighted by Crippen LogP contribution is -2.32. The minimum Gasteiger partial charge on any atom is -0.385 e. The molecule has 1 rings (SSSR count). The zero-order valence-electron chi connectivity index (χ0n) is 8.28. The van der Waals surface area contributed by atoms with Crippen LogP contribution in [0.3, 0.4) is 0 Å². The predicted molar refractivity (Wildman–Crippen MR) is 52.6 cm³/mol. The quantitative estimate of drug-likeness (QED) is 0.667. The molecule has 90 valence electrons. The molecule has 0 spiro atoms. The van der Waals surface area contributed by atoms with E-state index in [1.165, 1.54) is 0 Å². The molecule has 0 fully saturated rings. The lowest BCUT2D eigenvalue weighted by molar-refractivity contribution is 0.0146. The summed E-state index contributed by atoms with van der Waals surface area (Å²) in [6.07, 6.45) is -2.55. The van der Waals surface area contributed by atoms with Gasteiger partial charge in [-0.2, -0.15) is 0 Å². The molecule has 3 N–H and O–H groups in total. The molecule has 0 aliphatic rings. The van der Waals surface area contributed by atoms with Gasteiger partial charge in [0.05, 0.1) is 13.2 Å². The van der Waals surface area contributed by atoms with Crippen LogP contribution in [0.5, 0.6) is 0 Å². The third kappa shape index (κ3) is 3.46. The Morgan fingerprint density at radius 3 is 2.75 bits per heavy atom. The zero-order valence-corrected chi connectivity index (χ0v) is 8.28. The number of aromatic nitrogens is 2. The van der Waals surface area contributed by atoms with Crippen molar-refractivity contribution in [2.24, 2.45) is 0 Å². The van der Waals surface area contributed by atoms with Crippen molar-refractivity contribution in [3.63, 3.8) is 0 Å². The first kappa shape index (κ1) is 12.4. The van der Waals surface area contributed by atoms with E-state index in [0.29, 0.717) is 0 Å². The molecule has 0 unspecified atom stereocenters. The number of rotatable bonds is 5. The van der Waals surface area contributed by atoms with Gasteiger partial charge >= 0.3 is 5.69 Å². The fraction of sp³-hybridized carbons (Fsp3) is 0.500. The molecule has 0 aliphatic carbocycles. The Morgan fingerprint density at radius 1 is 1.50 bits per heavy atom. The number of halogens is 2. The molecule has 6 nitrogen and oxygen atoms in total. The number of nitrogen functional groups attached to an aromatic ring is 1. The zero-order chi connectivity index (χ0) is 12.1. The van der Waals surface area contributed by atoms with Crippen LogP contribution >= 0.6 is 0 Å². The van der Waals surface area contributed by atoms with E-state index in [2.05, 4.69) is 4.74 Å². The first-order valence-corrected chi connectivity index (χ1v) is 4.46. The van der Waals surface area contributed by atoms with Crippen molar-refractivity contribution < 1.29 is 13.5 Å². The van der Waals surface area contributed by atoms with E-state index in [1.807, 2.05) is 4.98 Å².